The quantitative estimate of drug-likeness (QED) is 0.438. The summed E-state index contributed by atoms with van der Waals surface area (Å²) in [5, 5.41) is 0. The molecule has 0 aliphatic carbocycles. The Morgan fingerprint density at radius 2 is 0.871 bits per heavy atom. The molecule has 0 unspecified atom stereocenters. The molecule has 0 aromatic carbocycles. The van der Waals surface area contributed by atoms with E-state index in [1.54, 1.807) is 24.8 Å². The van der Waals surface area contributed by atoms with Crippen molar-refractivity contribution in [3.05, 3.63) is 91.3 Å². The van der Waals surface area contributed by atoms with E-state index in [-0.39, 0.29) is 0 Å². The Morgan fingerprint density at radius 3 is 1.32 bits per heavy atom. The first kappa shape index (κ1) is 18.6. The molecule has 0 aliphatic heterocycles. The summed E-state index contributed by atoms with van der Waals surface area (Å²) in [6, 6.07) is 19.3. The van der Waals surface area contributed by atoms with E-state index in [1.807, 2.05) is 67.6 Å². The second-order valence-corrected chi connectivity index (χ2v) is 6.82. The van der Waals surface area contributed by atoms with E-state index in [0.29, 0.717) is 28.9 Å². The van der Waals surface area contributed by atoms with E-state index >= 15 is 0 Å². The molecule has 0 aliphatic rings. The molecule has 0 radical (unpaired) electrons. The highest BCUT2D eigenvalue weighted by Crippen LogP contribution is 2.23. The van der Waals surface area contributed by atoms with E-state index in [1.165, 1.54) is 0 Å². The van der Waals surface area contributed by atoms with Crippen LogP contribution < -0.4 is 0 Å². The van der Waals surface area contributed by atoms with Crippen LogP contribution in [-0.4, -0.2) is 34.9 Å². The van der Waals surface area contributed by atoms with Crippen LogP contribution in [-0.2, 0) is 0 Å². The lowest BCUT2D eigenvalue weighted by Gasteiger charge is -2.08. The van der Waals surface area contributed by atoms with Gasteiger partial charge in [0.2, 0.25) is 0 Å². The Hall–Kier alpha value is -4.39. The minimum atomic E-state index is 0.509. The zero-order chi connectivity index (χ0) is 21.0. The maximum Gasteiger partial charge on any atom is 0.182 e. The standard InChI is InChI=1S/C24H17N7/c1-16-27-23(21-6-2-4-19(29-21)17-8-12-25-13-9-17)31-24(28-16)22-7-3-5-20(30-22)18-10-14-26-15-11-18/h2-15H,1H3. The van der Waals surface area contributed by atoms with E-state index in [9.17, 15) is 0 Å². The maximum atomic E-state index is 4.75. The summed E-state index contributed by atoms with van der Waals surface area (Å²) < 4.78 is 0. The smallest absolute Gasteiger partial charge is 0.182 e. The predicted molar refractivity (Wildman–Crippen MR) is 117 cm³/mol. The molecular weight excluding hydrogens is 386 g/mol. The first-order valence-electron chi connectivity index (χ1n) is 9.74. The van der Waals surface area contributed by atoms with Crippen molar-refractivity contribution < 1.29 is 0 Å². The number of rotatable bonds is 4. The van der Waals surface area contributed by atoms with E-state index in [4.69, 9.17) is 9.97 Å². The highest BCUT2D eigenvalue weighted by atomic mass is 15.1. The molecule has 5 aromatic heterocycles. The van der Waals surface area contributed by atoms with Crippen molar-refractivity contribution in [3.8, 4) is 45.6 Å². The van der Waals surface area contributed by atoms with Crippen LogP contribution in [0.5, 0.6) is 0 Å². The molecule has 5 rings (SSSR count). The van der Waals surface area contributed by atoms with Crippen LogP contribution in [0.4, 0.5) is 0 Å². The normalized spacial score (nSPS) is 10.7. The zero-order valence-corrected chi connectivity index (χ0v) is 16.7. The molecule has 0 bridgehead atoms. The van der Waals surface area contributed by atoms with Crippen LogP contribution in [0, 0.1) is 6.92 Å². The second-order valence-electron chi connectivity index (χ2n) is 6.82. The fourth-order valence-electron chi connectivity index (χ4n) is 3.20. The highest BCUT2D eigenvalue weighted by molar-refractivity contribution is 5.65. The van der Waals surface area contributed by atoms with Crippen molar-refractivity contribution >= 4 is 0 Å². The molecule has 0 N–H and O–H groups in total. The third-order valence-electron chi connectivity index (χ3n) is 4.66. The monoisotopic (exact) mass is 403 g/mol. The van der Waals surface area contributed by atoms with Gasteiger partial charge in [0.15, 0.2) is 11.6 Å². The van der Waals surface area contributed by atoms with Crippen LogP contribution in [0.1, 0.15) is 5.82 Å². The summed E-state index contributed by atoms with van der Waals surface area (Å²) in [5.74, 6) is 1.62. The summed E-state index contributed by atoms with van der Waals surface area (Å²) in [6.07, 6.45) is 6.99. The van der Waals surface area contributed by atoms with Crippen molar-refractivity contribution in [2.24, 2.45) is 0 Å². The SMILES string of the molecule is Cc1nc(-c2cccc(-c3ccncc3)n2)nc(-c2cccc(-c3ccncc3)n2)n1. The van der Waals surface area contributed by atoms with Gasteiger partial charge in [0.25, 0.3) is 0 Å². The Kier molecular flexibility index (Phi) is 4.90. The van der Waals surface area contributed by atoms with Gasteiger partial charge in [-0.1, -0.05) is 12.1 Å². The number of aryl methyl sites for hydroxylation is 1. The summed E-state index contributed by atoms with van der Waals surface area (Å²) in [7, 11) is 0. The molecule has 5 aromatic rings. The fourth-order valence-corrected chi connectivity index (χ4v) is 3.20. The summed E-state index contributed by atoms with van der Waals surface area (Å²) in [6.45, 7) is 1.84. The molecule has 0 saturated carbocycles. The lowest BCUT2D eigenvalue weighted by molar-refractivity contribution is 0.976. The Morgan fingerprint density at radius 1 is 0.452 bits per heavy atom. The topological polar surface area (TPSA) is 90.2 Å². The predicted octanol–water partition coefficient (Wildman–Crippen LogP) is 4.43. The van der Waals surface area contributed by atoms with Gasteiger partial charge in [-0.2, -0.15) is 0 Å². The van der Waals surface area contributed by atoms with Gasteiger partial charge in [0, 0.05) is 35.9 Å². The summed E-state index contributed by atoms with van der Waals surface area (Å²) in [5.41, 5.74) is 4.97. The molecule has 0 spiro atoms. The second kappa shape index (κ2) is 8.16. The molecule has 0 saturated heterocycles. The minimum absolute atomic E-state index is 0.509. The van der Waals surface area contributed by atoms with Crippen molar-refractivity contribution in [1.82, 2.24) is 34.9 Å². The van der Waals surface area contributed by atoms with Crippen LogP contribution in [0.25, 0.3) is 45.6 Å². The van der Waals surface area contributed by atoms with Gasteiger partial charge in [-0.25, -0.2) is 24.9 Å². The van der Waals surface area contributed by atoms with Crippen molar-refractivity contribution in [2.75, 3.05) is 0 Å². The Bertz CT molecular complexity index is 1240. The number of nitrogens with zero attached hydrogens (tertiary/aromatic N) is 7. The van der Waals surface area contributed by atoms with Gasteiger partial charge in [0.1, 0.15) is 17.2 Å². The van der Waals surface area contributed by atoms with E-state index in [2.05, 4.69) is 24.9 Å². The van der Waals surface area contributed by atoms with Gasteiger partial charge in [-0.15, -0.1) is 0 Å². The molecule has 0 atom stereocenters. The lowest BCUT2D eigenvalue weighted by atomic mass is 10.1. The maximum absolute atomic E-state index is 4.75. The van der Waals surface area contributed by atoms with Gasteiger partial charge in [-0.05, 0) is 55.5 Å². The average molecular weight is 403 g/mol. The lowest BCUT2D eigenvalue weighted by Crippen LogP contribution is -2.02. The zero-order valence-electron chi connectivity index (χ0n) is 16.7. The molecule has 0 fully saturated rings. The molecule has 7 heteroatoms. The van der Waals surface area contributed by atoms with Crippen LogP contribution >= 0.6 is 0 Å². The van der Waals surface area contributed by atoms with Crippen molar-refractivity contribution in [3.63, 3.8) is 0 Å². The average Bonchev–Trinajstić information content (AvgIpc) is 2.85. The van der Waals surface area contributed by atoms with E-state index in [0.717, 1.165) is 22.5 Å². The van der Waals surface area contributed by atoms with Crippen molar-refractivity contribution in [1.29, 1.82) is 0 Å². The van der Waals surface area contributed by atoms with Gasteiger partial charge < -0.3 is 0 Å². The third-order valence-corrected chi connectivity index (χ3v) is 4.66. The number of aromatic nitrogens is 7. The molecular formula is C24H17N7. The van der Waals surface area contributed by atoms with Gasteiger partial charge >= 0.3 is 0 Å². The Balaban J connectivity index is 1.56. The van der Waals surface area contributed by atoms with Crippen LogP contribution in [0.15, 0.2) is 85.5 Å². The first-order chi connectivity index (χ1) is 15.3. The first-order valence-corrected chi connectivity index (χ1v) is 9.74. The third kappa shape index (κ3) is 4.02. The van der Waals surface area contributed by atoms with Crippen LogP contribution in [0.3, 0.4) is 0 Å². The molecule has 31 heavy (non-hydrogen) atoms. The van der Waals surface area contributed by atoms with Crippen LogP contribution in [0.2, 0.25) is 0 Å². The summed E-state index contributed by atoms with van der Waals surface area (Å²) in [4.78, 5) is 31.3. The number of hydrogen-bond acceptors (Lipinski definition) is 7. The molecule has 5 heterocycles. The van der Waals surface area contributed by atoms with Gasteiger partial charge in [0.05, 0.1) is 11.4 Å². The Labute approximate surface area is 179 Å². The van der Waals surface area contributed by atoms with E-state index < -0.39 is 0 Å². The number of hydrogen-bond donors (Lipinski definition) is 0. The summed E-state index contributed by atoms with van der Waals surface area (Å²) >= 11 is 0. The largest absolute Gasteiger partial charge is 0.265 e. The molecule has 7 nitrogen and oxygen atoms in total. The minimum Gasteiger partial charge on any atom is -0.265 e. The van der Waals surface area contributed by atoms with Gasteiger partial charge in [-0.3, -0.25) is 9.97 Å². The molecule has 0 amide bonds. The van der Waals surface area contributed by atoms with Crippen molar-refractivity contribution in [2.45, 2.75) is 6.92 Å². The number of pyridine rings is 4. The fraction of sp³-hybridized carbons (Fsp3) is 0.0417. The molecule has 148 valence electrons. The highest BCUT2D eigenvalue weighted by Gasteiger charge is 2.12.